The van der Waals surface area contributed by atoms with E-state index in [-0.39, 0.29) is 34.1 Å². The Kier molecular flexibility index (Phi) is 3.76. The highest BCUT2D eigenvalue weighted by Gasteiger charge is 2.42. The number of nitro benzene ring substituents is 1. The quantitative estimate of drug-likeness (QED) is 0.485. The number of nitro groups is 1. The Bertz CT molecular complexity index is 934. The van der Waals surface area contributed by atoms with Crippen LogP contribution < -0.4 is 5.32 Å². The minimum Gasteiger partial charge on any atom is -0.478 e. The average Bonchev–Trinajstić information content (AvgIpc) is 3.11. The number of carboxylic acids is 1. The molecule has 26 heavy (non-hydrogen) atoms. The lowest BCUT2D eigenvalue weighted by molar-refractivity contribution is -0.385. The molecule has 2 aromatic carbocycles. The second kappa shape index (κ2) is 5.98. The minimum absolute atomic E-state index is 0.0179. The number of carbonyl (C=O) groups is 1. The fraction of sp³-hybridized carbons (Fsp3) is 0.250. The maximum atomic E-state index is 11.5. The van der Waals surface area contributed by atoms with Gasteiger partial charge in [-0.2, -0.15) is 0 Å². The van der Waals surface area contributed by atoms with Gasteiger partial charge in [-0.3, -0.25) is 10.1 Å². The molecule has 0 saturated carbocycles. The Labute approximate surface area is 150 Å². The molecule has 0 radical (unpaired) electrons. The van der Waals surface area contributed by atoms with E-state index in [1.165, 1.54) is 0 Å². The number of aromatic carboxylic acids is 1. The van der Waals surface area contributed by atoms with Gasteiger partial charge >= 0.3 is 5.97 Å². The summed E-state index contributed by atoms with van der Waals surface area (Å²) in [4.78, 5) is 22.3. The predicted molar refractivity (Wildman–Crippen MR) is 97.6 cm³/mol. The first-order valence-corrected chi connectivity index (χ1v) is 8.51. The van der Waals surface area contributed by atoms with Crippen molar-refractivity contribution in [3.05, 3.63) is 80.9 Å². The van der Waals surface area contributed by atoms with Crippen LogP contribution in [-0.4, -0.2) is 16.0 Å². The monoisotopic (exact) mass is 350 g/mol. The SMILES string of the molecule is Cc1ccc([N+](=O)[O-])c2c1N[C@H](c1ccc(C(=O)O)cc1)C1CC=CC21. The van der Waals surface area contributed by atoms with Crippen LogP contribution in [0.5, 0.6) is 0 Å². The lowest BCUT2D eigenvalue weighted by Gasteiger charge is -2.38. The first-order valence-electron chi connectivity index (χ1n) is 8.51. The number of fused-ring (bicyclic) bond motifs is 3. The van der Waals surface area contributed by atoms with Crippen molar-refractivity contribution in [3.8, 4) is 0 Å². The molecule has 2 aliphatic rings. The molecule has 1 heterocycles. The molecule has 0 saturated heterocycles. The summed E-state index contributed by atoms with van der Waals surface area (Å²) in [6.45, 7) is 1.94. The summed E-state index contributed by atoms with van der Waals surface area (Å²) in [7, 11) is 0. The molecule has 4 rings (SSSR count). The van der Waals surface area contributed by atoms with Crippen LogP contribution in [0.4, 0.5) is 11.4 Å². The van der Waals surface area contributed by atoms with Crippen molar-refractivity contribution in [2.45, 2.75) is 25.3 Å². The fourth-order valence-corrected chi connectivity index (χ4v) is 4.16. The topological polar surface area (TPSA) is 92.5 Å². The normalized spacial score (nSPS) is 23.0. The molecule has 132 valence electrons. The summed E-state index contributed by atoms with van der Waals surface area (Å²) >= 11 is 0. The first-order chi connectivity index (χ1) is 12.5. The Morgan fingerprint density at radius 1 is 1.23 bits per heavy atom. The zero-order valence-corrected chi connectivity index (χ0v) is 14.2. The maximum Gasteiger partial charge on any atom is 0.335 e. The molecule has 0 amide bonds. The van der Waals surface area contributed by atoms with Gasteiger partial charge in [0, 0.05) is 17.7 Å². The zero-order valence-electron chi connectivity index (χ0n) is 14.2. The van der Waals surface area contributed by atoms with Gasteiger partial charge < -0.3 is 10.4 Å². The minimum atomic E-state index is -0.953. The first kappa shape index (κ1) is 16.3. The number of carboxylic acid groups (broad SMARTS) is 1. The van der Waals surface area contributed by atoms with E-state index in [9.17, 15) is 14.9 Å². The molecule has 0 spiro atoms. The molecule has 3 atom stereocenters. The van der Waals surface area contributed by atoms with Crippen molar-refractivity contribution >= 4 is 17.3 Å². The predicted octanol–water partition coefficient (Wildman–Crippen LogP) is 4.43. The summed E-state index contributed by atoms with van der Waals surface area (Å²) in [5.74, 6) is -0.806. The van der Waals surface area contributed by atoms with Crippen LogP contribution in [0.2, 0.25) is 0 Å². The van der Waals surface area contributed by atoms with E-state index in [1.807, 2.05) is 19.1 Å². The number of anilines is 1. The second-order valence-corrected chi connectivity index (χ2v) is 6.85. The smallest absolute Gasteiger partial charge is 0.335 e. The Morgan fingerprint density at radius 2 is 1.96 bits per heavy atom. The van der Waals surface area contributed by atoms with E-state index < -0.39 is 5.97 Å². The van der Waals surface area contributed by atoms with Crippen molar-refractivity contribution in [2.75, 3.05) is 5.32 Å². The van der Waals surface area contributed by atoms with Crippen molar-refractivity contribution in [1.29, 1.82) is 0 Å². The summed E-state index contributed by atoms with van der Waals surface area (Å²) in [6, 6.07) is 10.2. The van der Waals surface area contributed by atoms with E-state index in [2.05, 4.69) is 17.5 Å². The largest absolute Gasteiger partial charge is 0.478 e. The summed E-state index contributed by atoms with van der Waals surface area (Å²) in [5.41, 5.74) is 3.94. The summed E-state index contributed by atoms with van der Waals surface area (Å²) in [6.07, 6.45) is 4.97. The summed E-state index contributed by atoms with van der Waals surface area (Å²) < 4.78 is 0. The second-order valence-electron chi connectivity index (χ2n) is 6.85. The van der Waals surface area contributed by atoms with E-state index in [1.54, 1.807) is 24.3 Å². The van der Waals surface area contributed by atoms with Gasteiger partial charge in [-0.25, -0.2) is 4.79 Å². The van der Waals surface area contributed by atoms with E-state index in [0.717, 1.165) is 28.8 Å². The molecule has 2 unspecified atom stereocenters. The van der Waals surface area contributed by atoms with Crippen molar-refractivity contribution in [2.24, 2.45) is 5.92 Å². The molecule has 6 nitrogen and oxygen atoms in total. The zero-order chi connectivity index (χ0) is 18.4. The van der Waals surface area contributed by atoms with Crippen LogP contribution in [0, 0.1) is 23.0 Å². The molecule has 0 bridgehead atoms. The van der Waals surface area contributed by atoms with Crippen molar-refractivity contribution in [1.82, 2.24) is 0 Å². The number of benzene rings is 2. The van der Waals surface area contributed by atoms with Crippen molar-refractivity contribution in [3.63, 3.8) is 0 Å². The van der Waals surface area contributed by atoms with Crippen molar-refractivity contribution < 1.29 is 14.8 Å². The number of nitrogens with zero attached hydrogens (tertiary/aromatic N) is 1. The van der Waals surface area contributed by atoms with Gasteiger partial charge in [-0.15, -0.1) is 0 Å². The molecule has 2 N–H and O–H groups in total. The maximum absolute atomic E-state index is 11.5. The highest BCUT2D eigenvalue weighted by atomic mass is 16.6. The standard InChI is InChI=1S/C20H18N2O4/c1-11-5-10-16(22(25)26)17-14-3-2-4-15(14)19(21-18(11)17)12-6-8-13(9-7-12)20(23)24/h2-3,5-10,14-15,19,21H,4H2,1H3,(H,23,24)/t14?,15?,19-/m1/s1. The van der Waals surface area contributed by atoms with E-state index in [0.29, 0.717) is 0 Å². The van der Waals surface area contributed by atoms with Crippen LogP contribution in [0.3, 0.4) is 0 Å². The fourth-order valence-electron chi connectivity index (χ4n) is 4.16. The number of allylic oxidation sites excluding steroid dienone is 2. The van der Waals surface area contributed by atoms with E-state index in [4.69, 9.17) is 5.11 Å². The van der Waals surface area contributed by atoms with Crippen LogP contribution in [-0.2, 0) is 0 Å². The van der Waals surface area contributed by atoms with Gasteiger partial charge in [-0.1, -0.05) is 30.4 Å². The number of rotatable bonds is 3. The lowest BCUT2D eigenvalue weighted by Crippen LogP contribution is -2.30. The van der Waals surface area contributed by atoms with Gasteiger partial charge in [0.1, 0.15) is 0 Å². The highest BCUT2D eigenvalue weighted by molar-refractivity contribution is 5.87. The molecule has 2 aromatic rings. The van der Waals surface area contributed by atoms with Gasteiger partial charge in [0.25, 0.3) is 5.69 Å². The number of hydrogen-bond acceptors (Lipinski definition) is 4. The Morgan fingerprint density at radius 3 is 2.62 bits per heavy atom. The Balaban J connectivity index is 1.81. The number of hydrogen-bond donors (Lipinski definition) is 2. The lowest BCUT2D eigenvalue weighted by atomic mass is 9.75. The van der Waals surface area contributed by atoms with Crippen LogP contribution in [0.25, 0.3) is 0 Å². The number of aryl methyl sites for hydroxylation is 1. The van der Waals surface area contributed by atoms with Gasteiger partial charge in [0.2, 0.25) is 0 Å². The Hall–Kier alpha value is -3.15. The van der Waals surface area contributed by atoms with Crippen LogP contribution in [0.1, 0.15) is 45.4 Å². The van der Waals surface area contributed by atoms with Gasteiger partial charge in [-0.05, 0) is 42.5 Å². The van der Waals surface area contributed by atoms with Gasteiger partial charge in [0.15, 0.2) is 0 Å². The third kappa shape index (κ3) is 2.45. The molecule has 1 aliphatic carbocycles. The van der Waals surface area contributed by atoms with Crippen LogP contribution in [0.15, 0.2) is 48.6 Å². The van der Waals surface area contributed by atoms with E-state index >= 15 is 0 Å². The third-order valence-electron chi connectivity index (χ3n) is 5.42. The molecular formula is C20H18N2O4. The summed E-state index contributed by atoms with van der Waals surface area (Å²) in [5, 5.41) is 24.1. The third-order valence-corrected chi connectivity index (χ3v) is 5.42. The molecule has 6 heteroatoms. The molecular weight excluding hydrogens is 332 g/mol. The molecule has 0 fully saturated rings. The van der Waals surface area contributed by atoms with Gasteiger partial charge in [0.05, 0.1) is 22.1 Å². The molecule has 0 aromatic heterocycles. The number of nitrogens with one attached hydrogen (secondary N) is 1. The highest BCUT2D eigenvalue weighted by Crippen LogP contribution is 2.53. The average molecular weight is 350 g/mol. The van der Waals surface area contributed by atoms with Crippen LogP contribution >= 0.6 is 0 Å². The molecule has 1 aliphatic heterocycles.